The second-order valence-electron chi connectivity index (χ2n) is 7.25. The van der Waals surface area contributed by atoms with Gasteiger partial charge in [0.05, 0.1) is 38.7 Å². The Balaban J connectivity index is 0.00000166. The fourth-order valence-corrected chi connectivity index (χ4v) is 3.46. The van der Waals surface area contributed by atoms with Gasteiger partial charge in [-0.3, -0.25) is 4.99 Å². The number of nitrogens with zero attached hydrogens (tertiary/aromatic N) is 2. The van der Waals surface area contributed by atoms with Crippen molar-refractivity contribution in [3.63, 3.8) is 0 Å². The first-order valence-corrected chi connectivity index (χ1v) is 10.8. The third kappa shape index (κ3) is 6.14. The van der Waals surface area contributed by atoms with E-state index in [1.807, 2.05) is 64.5 Å². The number of likely N-dealkylation sites (N-methyl/N-ethyl adjacent to an activating group) is 1. The minimum absolute atomic E-state index is 0.0230. The van der Waals surface area contributed by atoms with E-state index >= 15 is 0 Å². The summed E-state index contributed by atoms with van der Waals surface area (Å²) in [6.07, 6.45) is 5.52. The molecule has 1 aliphatic carbocycles. The van der Waals surface area contributed by atoms with Gasteiger partial charge in [0.1, 0.15) is 23.9 Å². The molecule has 1 atom stereocenters. The normalized spacial score (nSPS) is 17.9. The first-order valence-electron chi connectivity index (χ1n) is 10.8. The predicted molar refractivity (Wildman–Crippen MR) is 126 cm³/mol. The molecule has 170 valence electrons. The highest BCUT2D eigenvalue weighted by atomic mass is 16.5. The molecule has 6 nitrogen and oxygen atoms in total. The van der Waals surface area contributed by atoms with Crippen LogP contribution in [0.5, 0.6) is 5.75 Å². The van der Waals surface area contributed by atoms with E-state index in [0.29, 0.717) is 6.61 Å². The Hall–Kier alpha value is -2.73. The summed E-state index contributed by atoms with van der Waals surface area (Å²) in [5.74, 6) is 3.26. The number of dihydropyridines is 1. The SMILES string of the molecule is CC.COC1=CC(OC)=C2C(OCCN(C)C)=C(c3ccc(OC)cc3)C=NC2CC1. The molecule has 1 heterocycles. The van der Waals surface area contributed by atoms with Gasteiger partial charge in [-0.1, -0.05) is 26.0 Å². The van der Waals surface area contributed by atoms with Crippen LogP contribution in [-0.2, 0) is 14.2 Å². The van der Waals surface area contributed by atoms with Crippen molar-refractivity contribution < 1.29 is 18.9 Å². The Morgan fingerprint density at radius 2 is 1.71 bits per heavy atom. The molecular weight excluding hydrogens is 392 g/mol. The first kappa shape index (κ1) is 24.5. The van der Waals surface area contributed by atoms with Crippen molar-refractivity contribution in [3.05, 3.63) is 58.8 Å². The molecular formula is C25H36N2O4. The zero-order chi connectivity index (χ0) is 22.8. The van der Waals surface area contributed by atoms with Crippen molar-refractivity contribution in [2.45, 2.75) is 32.7 Å². The number of ether oxygens (including phenoxy) is 4. The zero-order valence-electron chi connectivity index (χ0n) is 19.9. The quantitative estimate of drug-likeness (QED) is 0.601. The minimum Gasteiger partial charge on any atom is -0.501 e. The topological polar surface area (TPSA) is 52.5 Å². The fourth-order valence-electron chi connectivity index (χ4n) is 3.46. The van der Waals surface area contributed by atoms with E-state index in [-0.39, 0.29) is 6.04 Å². The summed E-state index contributed by atoms with van der Waals surface area (Å²) in [5.41, 5.74) is 2.95. The molecule has 31 heavy (non-hydrogen) atoms. The zero-order valence-corrected chi connectivity index (χ0v) is 19.9. The number of methoxy groups -OCH3 is 3. The smallest absolute Gasteiger partial charge is 0.137 e. The molecule has 0 radical (unpaired) electrons. The van der Waals surface area contributed by atoms with Crippen molar-refractivity contribution in [3.8, 4) is 5.75 Å². The highest BCUT2D eigenvalue weighted by Gasteiger charge is 2.31. The van der Waals surface area contributed by atoms with Gasteiger partial charge < -0.3 is 23.8 Å². The van der Waals surface area contributed by atoms with Crippen molar-refractivity contribution in [2.75, 3.05) is 48.6 Å². The Morgan fingerprint density at radius 1 is 1.00 bits per heavy atom. The van der Waals surface area contributed by atoms with Gasteiger partial charge in [-0.25, -0.2) is 0 Å². The second-order valence-corrected chi connectivity index (χ2v) is 7.25. The number of aliphatic imine (C=N–C) groups is 1. The van der Waals surface area contributed by atoms with Gasteiger partial charge in [-0.2, -0.15) is 0 Å². The van der Waals surface area contributed by atoms with Gasteiger partial charge >= 0.3 is 0 Å². The van der Waals surface area contributed by atoms with Gasteiger partial charge in [-0.05, 0) is 38.2 Å². The molecule has 1 aromatic rings. The van der Waals surface area contributed by atoms with Gasteiger partial charge in [0.25, 0.3) is 0 Å². The van der Waals surface area contributed by atoms with E-state index in [4.69, 9.17) is 23.9 Å². The van der Waals surface area contributed by atoms with Crippen LogP contribution in [0.15, 0.2) is 58.2 Å². The van der Waals surface area contributed by atoms with Crippen molar-refractivity contribution >= 4 is 11.8 Å². The van der Waals surface area contributed by atoms with Crippen LogP contribution in [0, 0.1) is 0 Å². The fraction of sp³-hybridized carbons (Fsp3) is 0.480. The number of rotatable bonds is 8. The molecule has 1 aromatic carbocycles. The molecule has 0 saturated heterocycles. The molecule has 0 fully saturated rings. The summed E-state index contributed by atoms with van der Waals surface area (Å²) in [7, 11) is 9.10. The van der Waals surface area contributed by atoms with Crippen molar-refractivity contribution in [2.24, 2.45) is 4.99 Å². The van der Waals surface area contributed by atoms with E-state index in [1.165, 1.54) is 0 Å². The molecule has 1 unspecified atom stereocenters. The Kier molecular flexibility index (Phi) is 9.66. The summed E-state index contributed by atoms with van der Waals surface area (Å²) >= 11 is 0. The van der Waals surface area contributed by atoms with Crippen LogP contribution in [0.2, 0.25) is 0 Å². The first-order chi connectivity index (χ1) is 15.1. The van der Waals surface area contributed by atoms with Crippen molar-refractivity contribution in [1.82, 2.24) is 4.90 Å². The Labute approximate surface area is 186 Å². The maximum atomic E-state index is 6.35. The van der Waals surface area contributed by atoms with Crippen LogP contribution in [0.1, 0.15) is 32.3 Å². The summed E-state index contributed by atoms with van der Waals surface area (Å²) < 4.78 is 22.9. The van der Waals surface area contributed by atoms with Crippen LogP contribution < -0.4 is 4.74 Å². The maximum Gasteiger partial charge on any atom is 0.137 e. The number of hydrogen-bond acceptors (Lipinski definition) is 6. The summed E-state index contributed by atoms with van der Waals surface area (Å²) in [6.45, 7) is 5.39. The molecule has 0 saturated carbocycles. The van der Waals surface area contributed by atoms with Crippen molar-refractivity contribution in [1.29, 1.82) is 0 Å². The van der Waals surface area contributed by atoms with E-state index < -0.39 is 0 Å². The van der Waals surface area contributed by atoms with Crippen LogP contribution in [-0.4, -0.2) is 65.7 Å². The Morgan fingerprint density at radius 3 is 2.29 bits per heavy atom. The highest BCUT2D eigenvalue weighted by Crippen LogP contribution is 2.38. The average Bonchev–Trinajstić information content (AvgIpc) is 2.99. The molecule has 0 N–H and O–H groups in total. The lowest BCUT2D eigenvalue weighted by molar-refractivity contribution is 0.185. The lowest BCUT2D eigenvalue weighted by atomic mass is 9.92. The monoisotopic (exact) mass is 428 g/mol. The molecule has 3 rings (SSSR count). The number of hydrogen-bond donors (Lipinski definition) is 0. The average molecular weight is 429 g/mol. The summed E-state index contributed by atoms with van der Waals surface area (Å²) in [4.78, 5) is 6.94. The lowest BCUT2D eigenvalue weighted by Crippen LogP contribution is -2.23. The van der Waals surface area contributed by atoms with Crippen LogP contribution in [0.4, 0.5) is 0 Å². The minimum atomic E-state index is -0.0230. The van der Waals surface area contributed by atoms with E-state index in [0.717, 1.165) is 59.1 Å². The largest absolute Gasteiger partial charge is 0.501 e. The predicted octanol–water partition coefficient (Wildman–Crippen LogP) is 4.69. The molecule has 0 aromatic heterocycles. The third-order valence-electron chi connectivity index (χ3n) is 5.10. The summed E-state index contributed by atoms with van der Waals surface area (Å²) in [5, 5.41) is 0. The Bertz CT molecular complexity index is 836. The van der Waals surface area contributed by atoms with E-state index in [2.05, 4.69) is 4.90 Å². The highest BCUT2D eigenvalue weighted by molar-refractivity contribution is 6.12. The number of benzene rings is 1. The van der Waals surface area contributed by atoms with E-state index in [1.54, 1.807) is 21.3 Å². The summed E-state index contributed by atoms with van der Waals surface area (Å²) in [6, 6.07) is 7.92. The molecule has 0 spiro atoms. The molecule has 0 amide bonds. The third-order valence-corrected chi connectivity index (χ3v) is 5.10. The van der Waals surface area contributed by atoms with E-state index in [9.17, 15) is 0 Å². The number of allylic oxidation sites excluding steroid dienone is 3. The maximum absolute atomic E-state index is 6.35. The van der Waals surface area contributed by atoms with Gasteiger partial charge in [-0.15, -0.1) is 0 Å². The molecule has 0 bridgehead atoms. The lowest BCUT2D eigenvalue weighted by Gasteiger charge is -2.26. The van der Waals surface area contributed by atoms with Gasteiger partial charge in [0, 0.05) is 30.8 Å². The molecule has 2 aliphatic rings. The molecule has 6 heteroatoms. The number of fused-ring (bicyclic) bond motifs is 1. The molecule has 1 aliphatic heterocycles. The van der Waals surface area contributed by atoms with Gasteiger partial charge in [0.15, 0.2) is 0 Å². The van der Waals surface area contributed by atoms with Crippen LogP contribution in [0.25, 0.3) is 5.57 Å². The van der Waals surface area contributed by atoms with Gasteiger partial charge in [0.2, 0.25) is 0 Å². The van der Waals surface area contributed by atoms with Crippen LogP contribution >= 0.6 is 0 Å². The van der Waals surface area contributed by atoms with Crippen LogP contribution in [0.3, 0.4) is 0 Å². The standard InChI is InChI=1S/C23H30N2O4.C2H6/c1-25(2)12-13-29-23-19(16-6-8-17(26-3)9-7-16)15-24-20-11-10-18(27-4)14-21(28-5)22(20)23;1-2/h6-9,14-15,20H,10-13H2,1-5H3;1-2H3. The second kappa shape index (κ2) is 12.2.